The van der Waals surface area contributed by atoms with Crippen molar-refractivity contribution in [1.82, 2.24) is 19.4 Å². The Bertz CT molecular complexity index is 1480. The standard InChI is InChI=1S/C31H39FN4O2S/c1-34-30-18-28(32)27(17-29(30)33-31(34)22-5-9-26(10-6-22)39(2,37)38)21-11-13-35(14-12-21)25-15-23-7-8-24(16-25)36(23)19-20-3-4-20/h5-6,9-10,17-18,20-21,23-25H,3-4,7-8,11-16,19H2,1-2H3. The zero-order chi connectivity index (χ0) is 26.9. The van der Waals surface area contributed by atoms with Gasteiger partial charge in [-0.15, -0.1) is 0 Å². The van der Waals surface area contributed by atoms with Crippen LogP contribution in [-0.4, -0.2) is 71.8 Å². The summed E-state index contributed by atoms with van der Waals surface area (Å²) in [5, 5.41) is 0. The summed E-state index contributed by atoms with van der Waals surface area (Å²) in [6.45, 7) is 3.44. The second-order valence-electron chi connectivity index (χ2n) is 12.6. The van der Waals surface area contributed by atoms with Crippen LogP contribution in [0.1, 0.15) is 62.8 Å². The Morgan fingerprint density at radius 2 is 1.59 bits per heavy atom. The summed E-state index contributed by atoms with van der Waals surface area (Å²) >= 11 is 0. The van der Waals surface area contributed by atoms with Crippen molar-refractivity contribution in [3.05, 3.63) is 47.8 Å². The van der Waals surface area contributed by atoms with Gasteiger partial charge in [0.2, 0.25) is 0 Å². The molecule has 4 aliphatic rings. The Hall–Kier alpha value is -2.29. The van der Waals surface area contributed by atoms with Crippen LogP contribution in [0.5, 0.6) is 0 Å². The number of hydrogen-bond acceptors (Lipinski definition) is 5. The largest absolute Gasteiger partial charge is 0.327 e. The highest BCUT2D eigenvalue weighted by molar-refractivity contribution is 7.90. The summed E-state index contributed by atoms with van der Waals surface area (Å²) in [4.78, 5) is 10.7. The fourth-order valence-electron chi connectivity index (χ4n) is 7.67. The smallest absolute Gasteiger partial charge is 0.175 e. The second kappa shape index (κ2) is 9.67. The molecule has 7 rings (SSSR count). The number of nitrogens with zero attached hydrogens (tertiary/aromatic N) is 4. The number of rotatable bonds is 6. The SMILES string of the molecule is Cn1c(-c2ccc(S(C)(=O)=O)cc2)nc2cc(C3CCN(C4CC5CCC(C4)N5CC4CC4)CC3)c(F)cc21. The molecule has 3 aliphatic heterocycles. The van der Waals surface area contributed by atoms with E-state index in [2.05, 4.69) is 9.80 Å². The van der Waals surface area contributed by atoms with E-state index in [1.165, 1.54) is 51.3 Å². The molecular weight excluding hydrogens is 511 g/mol. The molecule has 2 atom stereocenters. The van der Waals surface area contributed by atoms with Gasteiger partial charge in [-0.2, -0.15) is 0 Å². The van der Waals surface area contributed by atoms with Gasteiger partial charge >= 0.3 is 0 Å². The van der Waals surface area contributed by atoms with Crippen molar-refractivity contribution in [2.45, 2.75) is 80.3 Å². The Morgan fingerprint density at radius 1 is 0.923 bits per heavy atom. The van der Waals surface area contributed by atoms with Crippen LogP contribution < -0.4 is 0 Å². The maximum atomic E-state index is 15.5. The molecule has 3 aromatic rings. The van der Waals surface area contributed by atoms with Crippen LogP contribution >= 0.6 is 0 Å². The summed E-state index contributed by atoms with van der Waals surface area (Å²) in [6, 6.07) is 12.6. The van der Waals surface area contributed by atoms with Crippen LogP contribution in [0.15, 0.2) is 41.3 Å². The molecule has 3 saturated heterocycles. The number of likely N-dealkylation sites (tertiary alicyclic amines) is 1. The normalized spacial score (nSPS) is 27.0. The van der Waals surface area contributed by atoms with Gasteiger partial charge in [0.1, 0.15) is 11.6 Å². The van der Waals surface area contributed by atoms with Gasteiger partial charge < -0.3 is 9.47 Å². The molecule has 1 aromatic heterocycles. The lowest BCUT2D eigenvalue weighted by Crippen LogP contribution is -2.52. The van der Waals surface area contributed by atoms with Crippen LogP contribution in [-0.2, 0) is 16.9 Å². The van der Waals surface area contributed by atoms with Gasteiger partial charge in [-0.25, -0.2) is 17.8 Å². The third-order valence-corrected chi connectivity index (χ3v) is 11.2. The van der Waals surface area contributed by atoms with Crippen molar-refractivity contribution in [2.75, 3.05) is 25.9 Å². The number of imidazole rings is 1. The van der Waals surface area contributed by atoms with Crippen molar-refractivity contribution in [2.24, 2.45) is 13.0 Å². The molecule has 0 amide bonds. The van der Waals surface area contributed by atoms with E-state index >= 15 is 4.39 Å². The van der Waals surface area contributed by atoms with Crippen LogP contribution in [0.3, 0.4) is 0 Å². The number of benzene rings is 2. The Balaban J connectivity index is 1.05. The molecule has 1 aliphatic carbocycles. The highest BCUT2D eigenvalue weighted by Crippen LogP contribution is 2.42. The number of hydrogen-bond donors (Lipinski definition) is 0. The van der Waals surface area contributed by atoms with Gasteiger partial charge in [0, 0.05) is 49.6 Å². The first-order chi connectivity index (χ1) is 18.7. The summed E-state index contributed by atoms with van der Waals surface area (Å²) in [5.41, 5.74) is 3.15. The first-order valence-electron chi connectivity index (χ1n) is 14.7. The van der Waals surface area contributed by atoms with Crippen LogP contribution in [0.2, 0.25) is 0 Å². The fraction of sp³-hybridized carbons (Fsp3) is 0.581. The van der Waals surface area contributed by atoms with Gasteiger partial charge in [0.15, 0.2) is 9.84 Å². The maximum absolute atomic E-state index is 15.5. The van der Waals surface area contributed by atoms with Crippen LogP contribution in [0.25, 0.3) is 22.4 Å². The van der Waals surface area contributed by atoms with Crippen molar-refractivity contribution < 1.29 is 12.8 Å². The number of aryl methyl sites for hydroxylation is 1. The molecule has 6 nitrogen and oxygen atoms in total. The quantitative estimate of drug-likeness (QED) is 0.413. The highest BCUT2D eigenvalue weighted by Gasteiger charge is 2.44. The zero-order valence-electron chi connectivity index (χ0n) is 23.0. The zero-order valence-corrected chi connectivity index (χ0v) is 23.8. The molecule has 39 heavy (non-hydrogen) atoms. The Morgan fingerprint density at radius 3 is 2.21 bits per heavy atom. The molecule has 0 N–H and O–H groups in total. The number of aromatic nitrogens is 2. The van der Waals surface area contributed by atoms with E-state index in [-0.39, 0.29) is 16.6 Å². The van der Waals surface area contributed by atoms with E-state index in [4.69, 9.17) is 4.98 Å². The average molecular weight is 551 g/mol. The van der Waals surface area contributed by atoms with E-state index in [1.807, 2.05) is 17.7 Å². The lowest BCUT2D eigenvalue weighted by molar-refractivity contribution is 0.0437. The van der Waals surface area contributed by atoms with E-state index in [1.54, 1.807) is 30.3 Å². The Kier molecular flexibility index (Phi) is 6.36. The monoisotopic (exact) mass is 550 g/mol. The summed E-state index contributed by atoms with van der Waals surface area (Å²) in [7, 11) is -1.38. The lowest BCUT2D eigenvalue weighted by atomic mass is 9.86. The van der Waals surface area contributed by atoms with Gasteiger partial charge in [-0.3, -0.25) is 4.90 Å². The molecule has 0 spiro atoms. The second-order valence-corrected chi connectivity index (χ2v) is 14.6. The third-order valence-electron chi connectivity index (χ3n) is 10.1. The first-order valence-corrected chi connectivity index (χ1v) is 16.6. The molecule has 4 fully saturated rings. The topological polar surface area (TPSA) is 58.4 Å². The first kappa shape index (κ1) is 25.7. The molecule has 208 valence electrons. The van der Waals surface area contributed by atoms with Gasteiger partial charge in [0.25, 0.3) is 0 Å². The molecule has 1 saturated carbocycles. The van der Waals surface area contributed by atoms with Crippen LogP contribution in [0.4, 0.5) is 4.39 Å². The molecule has 2 aromatic carbocycles. The van der Waals surface area contributed by atoms with Gasteiger partial charge in [0.05, 0.1) is 15.9 Å². The summed E-state index contributed by atoms with van der Waals surface area (Å²) in [6.07, 6.45) is 11.5. The lowest BCUT2D eigenvalue weighted by Gasteiger charge is -2.45. The number of halogens is 1. The van der Waals surface area contributed by atoms with Gasteiger partial charge in [-0.05, 0) is 112 Å². The fourth-order valence-corrected chi connectivity index (χ4v) is 8.30. The predicted octanol–water partition coefficient (Wildman–Crippen LogP) is 5.37. The molecular formula is C31H39FN4O2S. The van der Waals surface area contributed by atoms with Crippen molar-refractivity contribution in [3.8, 4) is 11.4 Å². The minimum absolute atomic E-state index is 0.144. The van der Waals surface area contributed by atoms with Crippen LogP contribution in [0, 0.1) is 11.7 Å². The number of fused-ring (bicyclic) bond motifs is 3. The molecule has 0 radical (unpaired) electrons. The summed E-state index contributed by atoms with van der Waals surface area (Å²) in [5.74, 6) is 1.76. The van der Waals surface area contributed by atoms with Crippen molar-refractivity contribution in [1.29, 1.82) is 0 Å². The predicted molar refractivity (Wildman–Crippen MR) is 152 cm³/mol. The molecule has 4 heterocycles. The van der Waals surface area contributed by atoms with E-state index < -0.39 is 9.84 Å². The van der Waals surface area contributed by atoms with E-state index in [0.717, 1.165) is 66.1 Å². The molecule has 2 unspecified atom stereocenters. The number of piperidine rings is 2. The molecule has 8 heteroatoms. The molecule has 2 bridgehead atoms. The maximum Gasteiger partial charge on any atom is 0.175 e. The highest BCUT2D eigenvalue weighted by atomic mass is 32.2. The minimum atomic E-state index is -3.26. The number of sulfone groups is 1. The van der Waals surface area contributed by atoms with Crippen molar-refractivity contribution in [3.63, 3.8) is 0 Å². The van der Waals surface area contributed by atoms with E-state index in [0.29, 0.717) is 11.9 Å². The van der Waals surface area contributed by atoms with Gasteiger partial charge in [-0.1, -0.05) is 0 Å². The average Bonchev–Trinajstić information content (AvgIpc) is 3.65. The van der Waals surface area contributed by atoms with Crippen molar-refractivity contribution >= 4 is 20.9 Å². The third kappa shape index (κ3) is 4.82. The van der Waals surface area contributed by atoms with E-state index in [9.17, 15) is 8.42 Å². The summed E-state index contributed by atoms with van der Waals surface area (Å²) < 4.78 is 41.0. The minimum Gasteiger partial charge on any atom is -0.327 e. The Labute approximate surface area is 231 Å².